The normalized spacial score (nSPS) is 36.4. The van der Waals surface area contributed by atoms with Gasteiger partial charge in [-0.3, -0.25) is 0 Å². The summed E-state index contributed by atoms with van der Waals surface area (Å²) in [7, 11) is 0. The molecule has 0 spiro atoms. The van der Waals surface area contributed by atoms with Crippen LogP contribution in [-0.2, 0) is 0 Å². The lowest BCUT2D eigenvalue weighted by molar-refractivity contribution is 0.0907. The van der Waals surface area contributed by atoms with Crippen LogP contribution in [0.15, 0.2) is 10.4 Å². The van der Waals surface area contributed by atoms with Crippen molar-refractivity contribution in [2.24, 2.45) is 21.2 Å². The van der Waals surface area contributed by atoms with E-state index >= 15 is 0 Å². The van der Waals surface area contributed by atoms with Gasteiger partial charge in [0.2, 0.25) is 0 Å². The minimum Gasteiger partial charge on any atom is -0.151 e. The van der Waals surface area contributed by atoms with Crippen molar-refractivity contribution >= 4 is 0 Å². The summed E-state index contributed by atoms with van der Waals surface area (Å²) in [5.41, 5.74) is -0.0433. The number of hydrogen-bond donors (Lipinski definition) is 0. The molecule has 2 unspecified atom stereocenters. The molecule has 0 heterocycles. The van der Waals surface area contributed by atoms with Crippen molar-refractivity contribution in [1.82, 2.24) is 0 Å². The van der Waals surface area contributed by atoms with E-state index in [4.69, 9.17) is 0 Å². The highest BCUT2D eigenvalue weighted by molar-refractivity contribution is 4.95. The lowest BCUT2D eigenvalue weighted by atomic mass is 9.63. The second-order valence-electron chi connectivity index (χ2n) is 5.61. The quantitative estimate of drug-likeness (QED) is 0.654. The van der Waals surface area contributed by atoms with E-state index in [1.165, 1.54) is 0 Å². The first-order valence-corrected chi connectivity index (χ1v) is 5.02. The average Bonchev–Trinajstić information content (AvgIpc) is 2.00. The standard InChI is InChI=1S/C10H18N2O2/c1-9(2)4-8(12-14)5-10(3,6-9)7-11-13/h8H,4-7H2,1-3H3. The van der Waals surface area contributed by atoms with Crippen LogP contribution in [0.4, 0.5) is 0 Å². The summed E-state index contributed by atoms with van der Waals surface area (Å²) in [6, 6.07) is -0.148. The predicted molar refractivity (Wildman–Crippen MR) is 56.0 cm³/mol. The molecule has 1 aliphatic rings. The van der Waals surface area contributed by atoms with Crippen LogP contribution < -0.4 is 0 Å². The molecule has 80 valence electrons. The lowest BCUT2D eigenvalue weighted by Crippen LogP contribution is -2.39. The fourth-order valence-corrected chi connectivity index (χ4v) is 2.93. The third-order valence-electron chi connectivity index (χ3n) is 3.02. The molecular weight excluding hydrogens is 180 g/mol. The molecule has 0 aromatic heterocycles. The van der Waals surface area contributed by atoms with Crippen molar-refractivity contribution in [3.05, 3.63) is 9.81 Å². The Balaban J connectivity index is 2.78. The van der Waals surface area contributed by atoms with Crippen molar-refractivity contribution in [3.63, 3.8) is 0 Å². The van der Waals surface area contributed by atoms with Gasteiger partial charge in [-0.1, -0.05) is 31.1 Å². The highest BCUT2D eigenvalue weighted by Crippen LogP contribution is 2.47. The second-order valence-corrected chi connectivity index (χ2v) is 5.61. The Morgan fingerprint density at radius 1 is 1.21 bits per heavy atom. The zero-order chi connectivity index (χ0) is 10.8. The number of hydrogen-bond acceptors (Lipinski definition) is 4. The Labute approximate surface area is 84.4 Å². The Morgan fingerprint density at radius 2 is 1.86 bits per heavy atom. The van der Waals surface area contributed by atoms with E-state index in [1.54, 1.807) is 0 Å². The first kappa shape index (κ1) is 11.3. The number of rotatable bonds is 3. The van der Waals surface area contributed by atoms with Crippen LogP contribution in [-0.4, -0.2) is 12.6 Å². The van der Waals surface area contributed by atoms with Gasteiger partial charge in [0.15, 0.2) is 0 Å². The monoisotopic (exact) mass is 198 g/mol. The van der Waals surface area contributed by atoms with Gasteiger partial charge >= 0.3 is 0 Å². The van der Waals surface area contributed by atoms with Crippen molar-refractivity contribution < 1.29 is 0 Å². The molecule has 1 rings (SSSR count). The molecule has 0 amide bonds. The van der Waals surface area contributed by atoms with Gasteiger partial charge in [-0.25, -0.2) is 0 Å². The van der Waals surface area contributed by atoms with Crippen molar-refractivity contribution in [2.75, 3.05) is 6.54 Å². The fourth-order valence-electron chi connectivity index (χ4n) is 2.93. The zero-order valence-corrected chi connectivity index (χ0v) is 9.12. The lowest BCUT2D eigenvalue weighted by Gasteiger charge is -2.43. The summed E-state index contributed by atoms with van der Waals surface area (Å²) in [6.07, 6.45) is 2.47. The number of nitroso groups, excluding NO2 is 2. The molecule has 0 N–H and O–H groups in total. The van der Waals surface area contributed by atoms with Crippen LogP contribution in [0.3, 0.4) is 0 Å². The minimum absolute atomic E-state index is 0.0935. The molecule has 0 aromatic carbocycles. The van der Waals surface area contributed by atoms with Crippen LogP contribution in [0.1, 0.15) is 40.0 Å². The molecule has 0 aromatic rings. The van der Waals surface area contributed by atoms with E-state index < -0.39 is 0 Å². The fraction of sp³-hybridized carbons (Fsp3) is 1.00. The van der Waals surface area contributed by atoms with Crippen LogP contribution >= 0.6 is 0 Å². The van der Waals surface area contributed by atoms with E-state index in [0.717, 1.165) is 12.8 Å². The average molecular weight is 198 g/mol. The van der Waals surface area contributed by atoms with Crippen molar-refractivity contribution in [1.29, 1.82) is 0 Å². The second kappa shape index (κ2) is 3.75. The Bertz CT molecular complexity index is 240. The molecule has 4 heteroatoms. The summed E-state index contributed by atoms with van der Waals surface area (Å²) in [6.45, 7) is 6.55. The zero-order valence-electron chi connectivity index (χ0n) is 9.12. The highest BCUT2D eigenvalue weighted by Gasteiger charge is 2.42. The molecule has 0 radical (unpaired) electrons. The maximum atomic E-state index is 10.6. The molecule has 1 aliphatic carbocycles. The van der Waals surface area contributed by atoms with E-state index in [2.05, 4.69) is 24.2 Å². The molecule has 1 saturated carbocycles. The van der Waals surface area contributed by atoms with Gasteiger partial charge in [-0.15, -0.1) is 0 Å². The van der Waals surface area contributed by atoms with Gasteiger partial charge in [0.25, 0.3) is 0 Å². The summed E-state index contributed by atoms with van der Waals surface area (Å²) in [5.74, 6) is 0. The van der Waals surface area contributed by atoms with Crippen molar-refractivity contribution in [3.8, 4) is 0 Å². The maximum absolute atomic E-state index is 10.6. The van der Waals surface area contributed by atoms with Crippen LogP contribution in [0, 0.1) is 20.6 Å². The van der Waals surface area contributed by atoms with Gasteiger partial charge in [-0.05, 0) is 30.1 Å². The smallest absolute Gasteiger partial charge is 0.0930 e. The summed E-state index contributed by atoms with van der Waals surface area (Å²) in [4.78, 5) is 20.9. The van der Waals surface area contributed by atoms with Crippen molar-refractivity contribution in [2.45, 2.75) is 46.1 Å². The summed E-state index contributed by atoms with van der Waals surface area (Å²) < 4.78 is 0. The summed E-state index contributed by atoms with van der Waals surface area (Å²) in [5, 5.41) is 6.10. The Kier molecular flexibility index (Phi) is 3.02. The SMILES string of the molecule is CC1(C)CC(N=O)CC(C)(CN=O)C1. The maximum Gasteiger partial charge on any atom is 0.0930 e. The Hall–Kier alpha value is -0.800. The highest BCUT2D eigenvalue weighted by atomic mass is 16.3. The van der Waals surface area contributed by atoms with Gasteiger partial charge in [0.05, 0.1) is 12.6 Å². The molecule has 0 bridgehead atoms. The molecule has 0 aliphatic heterocycles. The predicted octanol–water partition coefficient (Wildman–Crippen LogP) is 3.10. The van der Waals surface area contributed by atoms with Gasteiger partial charge in [0.1, 0.15) is 0 Å². The first-order chi connectivity index (χ1) is 6.41. The largest absolute Gasteiger partial charge is 0.151 e. The third kappa shape index (κ3) is 2.59. The van der Waals surface area contributed by atoms with Gasteiger partial charge in [0, 0.05) is 0 Å². The van der Waals surface area contributed by atoms with Gasteiger partial charge < -0.3 is 0 Å². The molecule has 1 fully saturated rings. The van der Waals surface area contributed by atoms with Crippen LogP contribution in [0.25, 0.3) is 0 Å². The van der Waals surface area contributed by atoms with Crippen LogP contribution in [0.5, 0.6) is 0 Å². The Morgan fingerprint density at radius 3 is 2.36 bits per heavy atom. The van der Waals surface area contributed by atoms with E-state index in [0.29, 0.717) is 13.0 Å². The third-order valence-corrected chi connectivity index (χ3v) is 3.02. The van der Waals surface area contributed by atoms with Crippen LogP contribution in [0.2, 0.25) is 0 Å². The van der Waals surface area contributed by atoms with E-state index in [1.807, 2.05) is 6.92 Å². The summed E-state index contributed by atoms with van der Waals surface area (Å²) >= 11 is 0. The molecule has 14 heavy (non-hydrogen) atoms. The topological polar surface area (TPSA) is 58.9 Å². The van der Waals surface area contributed by atoms with Gasteiger partial charge in [-0.2, -0.15) is 9.81 Å². The number of nitrogens with zero attached hydrogens (tertiary/aromatic N) is 2. The first-order valence-electron chi connectivity index (χ1n) is 5.02. The molecule has 2 atom stereocenters. The van der Waals surface area contributed by atoms with E-state index in [9.17, 15) is 9.81 Å². The molecule has 4 nitrogen and oxygen atoms in total. The molecular formula is C10H18N2O2. The minimum atomic E-state index is -0.148. The molecule has 0 saturated heterocycles. The van der Waals surface area contributed by atoms with E-state index in [-0.39, 0.29) is 16.9 Å².